The van der Waals surface area contributed by atoms with Gasteiger partial charge in [0, 0.05) is 12.1 Å². The van der Waals surface area contributed by atoms with Crippen molar-refractivity contribution in [3.63, 3.8) is 0 Å². The Morgan fingerprint density at radius 2 is 2.33 bits per heavy atom. The van der Waals surface area contributed by atoms with Gasteiger partial charge >= 0.3 is 6.09 Å². The summed E-state index contributed by atoms with van der Waals surface area (Å²) in [5.74, 6) is 0. The third kappa shape index (κ3) is 3.09. The van der Waals surface area contributed by atoms with Crippen LogP contribution < -0.4 is 11.1 Å². The number of carbonyl (C=O) groups is 1. The van der Waals surface area contributed by atoms with E-state index in [9.17, 15) is 4.79 Å². The summed E-state index contributed by atoms with van der Waals surface area (Å²) in [6, 6.07) is 0. The highest BCUT2D eigenvalue weighted by Gasteiger charge is 2.36. The van der Waals surface area contributed by atoms with Gasteiger partial charge in [-0.05, 0) is 25.7 Å². The first kappa shape index (κ1) is 9.32. The Bertz CT molecular complexity index is 166. The molecule has 1 saturated carbocycles. The minimum atomic E-state index is -0.364. The van der Waals surface area contributed by atoms with E-state index in [-0.39, 0.29) is 11.6 Å². The molecule has 70 valence electrons. The number of rotatable bonds is 4. The molecule has 0 aromatic carbocycles. The molecule has 0 aliphatic heterocycles. The summed E-state index contributed by atoms with van der Waals surface area (Å²) in [5.41, 5.74) is 5.95. The van der Waals surface area contributed by atoms with Gasteiger partial charge < -0.3 is 15.8 Å². The normalized spacial score (nSPS) is 18.5. The summed E-state index contributed by atoms with van der Waals surface area (Å²) >= 11 is 0. The molecule has 1 aliphatic rings. The second-order valence-corrected chi connectivity index (χ2v) is 3.38. The Labute approximate surface area is 72.5 Å². The summed E-state index contributed by atoms with van der Waals surface area (Å²) in [5, 5.41) is 2.62. The van der Waals surface area contributed by atoms with Gasteiger partial charge in [-0.25, -0.2) is 4.79 Å². The van der Waals surface area contributed by atoms with Crippen molar-refractivity contribution in [2.45, 2.75) is 31.2 Å². The highest BCUT2D eigenvalue weighted by molar-refractivity contribution is 5.66. The van der Waals surface area contributed by atoms with E-state index in [2.05, 4.69) is 10.1 Å². The van der Waals surface area contributed by atoms with E-state index in [1.165, 1.54) is 7.11 Å². The molecule has 0 aromatic heterocycles. The molecule has 0 bridgehead atoms. The molecule has 0 radical (unpaired) electrons. The highest BCUT2D eigenvalue weighted by atomic mass is 16.5. The minimum Gasteiger partial charge on any atom is -0.453 e. The molecule has 1 rings (SSSR count). The minimum absolute atomic E-state index is 0.0950. The van der Waals surface area contributed by atoms with Gasteiger partial charge in [0.2, 0.25) is 0 Å². The standard InChI is InChI=1S/C8H16N2O2/c1-12-7(11)10-6-2-3-8(9)4-5-8/h2-6,9H2,1H3,(H,10,11). The smallest absolute Gasteiger partial charge is 0.406 e. The Kier molecular flexibility index (Phi) is 2.92. The number of alkyl carbamates (subject to hydrolysis) is 1. The maximum absolute atomic E-state index is 10.6. The molecule has 3 N–H and O–H groups in total. The first-order chi connectivity index (χ1) is 5.66. The van der Waals surface area contributed by atoms with Gasteiger partial charge in [-0.2, -0.15) is 0 Å². The highest BCUT2D eigenvalue weighted by Crippen LogP contribution is 2.36. The van der Waals surface area contributed by atoms with E-state index in [4.69, 9.17) is 5.73 Å². The Morgan fingerprint density at radius 1 is 1.67 bits per heavy atom. The lowest BCUT2D eigenvalue weighted by Crippen LogP contribution is -2.27. The van der Waals surface area contributed by atoms with E-state index in [0.717, 1.165) is 25.7 Å². The molecule has 1 aliphatic carbocycles. The van der Waals surface area contributed by atoms with Gasteiger partial charge in [-0.15, -0.1) is 0 Å². The molecule has 0 spiro atoms. The predicted molar refractivity (Wildman–Crippen MR) is 45.8 cm³/mol. The number of hydrogen-bond acceptors (Lipinski definition) is 3. The molecule has 1 fully saturated rings. The van der Waals surface area contributed by atoms with Crippen LogP contribution in [0.25, 0.3) is 0 Å². The van der Waals surface area contributed by atoms with Crippen LogP contribution in [0, 0.1) is 0 Å². The molecule has 0 saturated heterocycles. The quantitative estimate of drug-likeness (QED) is 0.611. The third-order valence-electron chi connectivity index (χ3n) is 2.20. The topological polar surface area (TPSA) is 64.3 Å². The van der Waals surface area contributed by atoms with Crippen LogP contribution in [0.15, 0.2) is 0 Å². The van der Waals surface area contributed by atoms with Crippen molar-refractivity contribution in [2.75, 3.05) is 13.7 Å². The zero-order chi connectivity index (χ0) is 9.03. The second kappa shape index (κ2) is 3.76. The molecular weight excluding hydrogens is 156 g/mol. The predicted octanol–water partition coefficient (Wildman–Crippen LogP) is 0.614. The lowest BCUT2D eigenvalue weighted by molar-refractivity contribution is 0.170. The van der Waals surface area contributed by atoms with Crippen LogP contribution in [0.1, 0.15) is 25.7 Å². The van der Waals surface area contributed by atoms with Crippen LogP contribution in [0.2, 0.25) is 0 Å². The summed E-state index contributed by atoms with van der Waals surface area (Å²) in [6.07, 6.45) is 3.83. The lowest BCUT2D eigenvalue weighted by atomic mass is 10.1. The number of carbonyl (C=O) groups excluding carboxylic acids is 1. The van der Waals surface area contributed by atoms with Crippen molar-refractivity contribution in [2.24, 2.45) is 5.73 Å². The molecule has 0 unspecified atom stereocenters. The maximum Gasteiger partial charge on any atom is 0.406 e. The Morgan fingerprint density at radius 3 is 2.83 bits per heavy atom. The monoisotopic (exact) mass is 172 g/mol. The number of nitrogens with one attached hydrogen (secondary N) is 1. The van der Waals surface area contributed by atoms with Crippen molar-refractivity contribution in [3.05, 3.63) is 0 Å². The third-order valence-corrected chi connectivity index (χ3v) is 2.20. The van der Waals surface area contributed by atoms with Gasteiger partial charge in [0.25, 0.3) is 0 Å². The molecule has 0 atom stereocenters. The van der Waals surface area contributed by atoms with Gasteiger partial charge in [0.1, 0.15) is 0 Å². The Balaban J connectivity index is 1.92. The van der Waals surface area contributed by atoms with E-state index >= 15 is 0 Å². The van der Waals surface area contributed by atoms with E-state index in [1.807, 2.05) is 0 Å². The first-order valence-corrected chi connectivity index (χ1v) is 4.27. The van der Waals surface area contributed by atoms with Crippen LogP contribution in [-0.2, 0) is 4.74 Å². The zero-order valence-electron chi connectivity index (χ0n) is 7.43. The Hall–Kier alpha value is -0.770. The van der Waals surface area contributed by atoms with Gasteiger partial charge in [0.15, 0.2) is 0 Å². The van der Waals surface area contributed by atoms with Gasteiger partial charge in [-0.1, -0.05) is 0 Å². The van der Waals surface area contributed by atoms with Crippen LogP contribution in [0.3, 0.4) is 0 Å². The molecule has 4 nitrogen and oxygen atoms in total. The maximum atomic E-state index is 10.6. The van der Waals surface area contributed by atoms with Crippen molar-refractivity contribution < 1.29 is 9.53 Å². The molecule has 0 heterocycles. The fourth-order valence-electron chi connectivity index (χ4n) is 1.11. The molecule has 1 amide bonds. The second-order valence-electron chi connectivity index (χ2n) is 3.38. The summed E-state index contributed by atoms with van der Waals surface area (Å²) in [7, 11) is 1.36. The average Bonchev–Trinajstić information content (AvgIpc) is 2.78. The summed E-state index contributed by atoms with van der Waals surface area (Å²) in [6.45, 7) is 0.658. The van der Waals surface area contributed by atoms with Crippen LogP contribution in [0.4, 0.5) is 4.79 Å². The van der Waals surface area contributed by atoms with Gasteiger partial charge in [-0.3, -0.25) is 0 Å². The number of nitrogens with two attached hydrogens (primary N) is 1. The van der Waals surface area contributed by atoms with Crippen LogP contribution >= 0.6 is 0 Å². The average molecular weight is 172 g/mol. The molecule has 4 heteroatoms. The number of amides is 1. The fourth-order valence-corrected chi connectivity index (χ4v) is 1.11. The van der Waals surface area contributed by atoms with Gasteiger partial charge in [0.05, 0.1) is 7.11 Å². The van der Waals surface area contributed by atoms with Crippen molar-refractivity contribution in [1.82, 2.24) is 5.32 Å². The summed E-state index contributed by atoms with van der Waals surface area (Å²) < 4.78 is 4.42. The van der Waals surface area contributed by atoms with Crippen molar-refractivity contribution >= 4 is 6.09 Å². The number of hydrogen-bond donors (Lipinski definition) is 2. The SMILES string of the molecule is COC(=O)NCCCC1(N)CC1. The summed E-state index contributed by atoms with van der Waals surface area (Å²) in [4.78, 5) is 10.6. The van der Waals surface area contributed by atoms with Crippen LogP contribution in [-0.4, -0.2) is 25.3 Å². The van der Waals surface area contributed by atoms with Crippen LogP contribution in [0.5, 0.6) is 0 Å². The molecule has 12 heavy (non-hydrogen) atoms. The van der Waals surface area contributed by atoms with E-state index in [1.54, 1.807) is 0 Å². The first-order valence-electron chi connectivity index (χ1n) is 4.27. The van der Waals surface area contributed by atoms with Crippen molar-refractivity contribution in [3.8, 4) is 0 Å². The molecule has 0 aromatic rings. The zero-order valence-corrected chi connectivity index (χ0v) is 7.43. The fraction of sp³-hybridized carbons (Fsp3) is 0.875. The molecular formula is C8H16N2O2. The number of methoxy groups -OCH3 is 1. The van der Waals surface area contributed by atoms with E-state index in [0.29, 0.717) is 6.54 Å². The number of ether oxygens (including phenoxy) is 1. The van der Waals surface area contributed by atoms with Crippen molar-refractivity contribution in [1.29, 1.82) is 0 Å². The van der Waals surface area contributed by atoms with E-state index < -0.39 is 0 Å². The largest absolute Gasteiger partial charge is 0.453 e. The lowest BCUT2D eigenvalue weighted by Gasteiger charge is -2.07.